The van der Waals surface area contributed by atoms with Crippen molar-refractivity contribution >= 4 is 40.9 Å². The minimum atomic E-state index is -0.519. The largest absolute Gasteiger partial charge is 0.490 e. The highest BCUT2D eigenvalue weighted by Gasteiger charge is 2.15. The molecule has 33 heavy (non-hydrogen) atoms. The summed E-state index contributed by atoms with van der Waals surface area (Å²) in [6, 6.07) is 19.9. The minimum absolute atomic E-state index is 0.0705. The van der Waals surface area contributed by atoms with E-state index >= 15 is 0 Å². The van der Waals surface area contributed by atoms with Crippen LogP contribution >= 0.6 is 23.2 Å². The third kappa shape index (κ3) is 6.52. The second-order valence-electron chi connectivity index (χ2n) is 7.13. The van der Waals surface area contributed by atoms with Crippen LogP contribution in [0.1, 0.15) is 23.6 Å². The maximum atomic E-state index is 12.6. The van der Waals surface area contributed by atoms with Crippen LogP contribution in [0.15, 0.2) is 66.2 Å². The van der Waals surface area contributed by atoms with E-state index in [1.54, 1.807) is 30.3 Å². The highest BCUT2D eigenvalue weighted by Crippen LogP contribution is 2.38. The zero-order valence-corrected chi connectivity index (χ0v) is 19.7. The number of benzene rings is 3. The molecule has 5 nitrogen and oxygen atoms in total. The van der Waals surface area contributed by atoms with Gasteiger partial charge in [-0.15, -0.1) is 0 Å². The number of nitriles is 1. The number of nitrogens with zero attached hydrogens (tertiary/aromatic N) is 1. The van der Waals surface area contributed by atoms with E-state index in [1.165, 1.54) is 6.08 Å². The molecule has 0 aliphatic rings. The van der Waals surface area contributed by atoms with Gasteiger partial charge in [0.25, 0.3) is 5.91 Å². The average Bonchev–Trinajstić information content (AvgIpc) is 2.79. The molecule has 0 aliphatic carbocycles. The van der Waals surface area contributed by atoms with E-state index in [9.17, 15) is 10.1 Å². The smallest absolute Gasteiger partial charge is 0.266 e. The number of nitrogens with one attached hydrogen (secondary N) is 1. The number of carbonyl (C=O) groups is 1. The Balaban J connectivity index is 1.85. The fraction of sp³-hybridized carbons (Fsp3) is 0.154. The molecule has 0 atom stereocenters. The van der Waals surface area contributed by atoms with E-state index < -0.39 is 5.91 Å². The predicted octanol–water partition coefficient (Wildman–Crippen LogP) is 6.83. The van der Waals surface area contributed by atoms with E-state index in [1.807, 2.05) is 50.2 Å². The number of rotatable bonds is 8. The summed E-state index contributed by atoms with van der Waals surface area (Å²) in [6.45, 7) is 4.37. The number of aryl methyl sites for hydroxylation is 1. The van der Waals surface area contributed by atoms with Gasteiger partial charge in [0.05, 0.1) is 11.6 Å². The first kappa shape index (κ1) is 24.2. The molecule has 168 valence electrons. The van der Waals surface area contributed by atoms with E-state index in [-0.39, 0.29) is 17.2 Å². The molecular weight excluding hydrogens is 459 g/mol. The van der Waals surface area contributed by atoms with Crippen molar-refractivity contribution in [2.24, 2.45) is 0 Å². The molecule has 0 fully saturated rings. The van der Waals surface area contributed by atoms with Crippen molar-refractivity contribution in [1.29, 1.82) is 5.26 Å². The van der Waals surface area contributed by atoms with E-state index in [0.717, 1.165) is 11.1 Å². The molecule has 0 spiro atoms. The molecule has 3 rings (SSSR count). The Morgan fingerprint density at radius 3 is 2.45 bits per heavy atom. The number of halogens is 2. The highest BCUT2D eigenvalue weighted by atomic mass is 35.5. The van der Waals surface area contributed by atoms with Gasteiger partial charge in [0.1, 0.15) is 18.2 Å². The molecule has 0 aromatic heterocycles. The maximum Gasteiger partial charge on any atom is 0.266 e. The van der Waals surface area contributed by atoms with Crippen molar-refractivity contribution in [3.8, 4) is 17.6 Å². The third-order valence-electron chi connectivity index (χ3n) is 4.65. The molecule has 7 heteroatoms. The third-order valence-corrected chi connectivity index (χ3v) is 5.30. The first-order chi connectivity index (χ1) is 15.9. The monoisotopic (exact) mass is 480 g/mol. The fourth-order valence-corrected chi connectivity index (χ4v) is 3.45. The topological polar surface area (TPSA) is 71.3 Å². The van der Waals surface area contributed by atoms with Gasteiger partial charge in [-0.1, -0.05) is 59.1 Å². The summed E-state index contributed by atoms with van der Waals surface area (Å²) in [5.74, 6) is 0.243. The van der Waals surface area contributed by atoms with Crippen LogP contribution in [0.3, 0.4) is 0 Å². The Hall–Kier alpha value is -3.46. The highest BCUT2D eigenvalue weighted by molar-refractivity contribution is 6.32. The molecule has 0 aliphatic heterocycles. The van der Waals surface area contributed by atoms with Crippen molar-refractivity contribution in [2.45, 2.75) is 20.5 Å². The van der Waals surface area contributed by atoms with Crippen LogP contribution in [0, 0.1) is 18.3 Å². The lowest BCUT2D eigenvalue weighted by Gasteiger charge is -2.15. The standard InChI is InChI=1S/C26H22Cl2N2O3/c1-3-32-24-14-18(12-20(15-29)26(31)30-21-10-8-17(2)9-11-21)13-23(28)25(24)33-16-19-6-4-5-7-22(19)27/h4-14H,3,16H2,1-2H3,(H,30,31)/b20-12+. The summed E-state index contributed by atoms with van der Waals surface area (Å²) in [5.41, 5.74) is 2.94. The predicted molar refractivity (Wildman–Crippen MR) is 132 cm³/mol. The Labute approximate surface area is 203 Å². The SMILES string of the molecule is CCOc1cc(/C=C(\C#N)C(=O)Nc2ccc(C)cc2)cc(Cl)c1OCc1ccccc1Cl. The zero-order chi connectivity index (χ0) is 23.8. The van der Waals surface area contributed by atoms with Gasteiger partial charge in [0, 0.05) is 16.3 Å². The van der Waals surface area contributed by atoms with Crippen LogP contribution in [-0.2, 0) is 11.4 Å². The van der Waals surface area contributed by atoms with Crippen molar-refractivity contribution in [3.05, 3.63) is 93.0 Å². The van der Waals surface area contributed by atoms with E-state index in [2.05, 4.69) is 5.32 Å². The molecule has 0 radical (unpaired) electrons. The second kappa shape index (κ2) is 11.4. The van der Waals surface area contributed by atoms with Gasteiger partial charge >= 0.3 is 0 Å². The molecule has 0 saturated carbocycles. The quantitative estimate of drug-likeness (QED) is 0.283. The van der Waals surface area contributed by atoms with Crippen LogP contribution < -0.4 is 14.8 Å². The van der Waals surface area contributed by atoms with Gasteiger partial charge in [-0.25, -0.2) is 0 Å². The Morgan fingerprint density at radius 1 is 1.06 bits per heavy atom. The Morgan fingerprint density at radius 2 is 1.79 bits per heavy atom. The molecule has 0 heterocycles. The Bertz CT molecular complexity index is 1220. The van der Waals surface area contributed by atoms with Crippen molar-refractivity contribution in [3.63, 3.8) is 0 Å². The number of carbonyl (C=O) groups excluding carboxylic acids is 1. The lowest BCUT2D eigenvalue weighted by Crippen LogP contribution is -2.13. The lowest BCUT2D eigenvalue weighted by atomic mass is 10.1. The molecule has 0 bridgehead atoms. The van der Waals surface area contributed by atoms with Crippen LogP contribution in [0.5, 0.6) is 11.5 Å². The maximum absolute atomic E-state index is 12.6. The molecular formula is C26H22Cl2N2O3. The molecule has 0 unspecified atom stereocenters. The van der Waals surface area contributed by atoms with Gasteiger partial charge < -0.3 is 14.8 Å². The van der Waals surface area contributed by atoms with Crippen molar-refractivity contribution in [2.75, 3.05) is 11.9 Å². The summed E-state index contributed by atoms with van der Waals surface area (Å²) in [5, 5.41) is 13.1. The first-order valence-electron chi connectivity index (χ1n) is 10.2. The number of amides is 1. The summed E-state index contributed by atoms with van der Waals surface area (Å²) in [7, 11) is 0. The number of ether oxygens (including phenoxy) is 2. The fourth-order valence-electron chi connectivity index (χ4n) is 2.99. The number of anilines is 1. The van der Waals surface area contributed by atoms with Gasteiger partial charge in [-0.05, 0) is 55.8 Å². The van der Waals surface area contributed by atoms with Crippen LogP contribution in [0.25, 0.3) is 6.08 Å². The first-order valence-corrected chi connectivity index (χ1v) is 11.0. The van der Waals surface area contributed by atoms with Crippen LogP contribution in [0.4, 0.5) is 5.69 Å². The van der Waals surface area contributed by atoms with E-state index in [0.29, 0.717) is 34.4 Å². The van der Waals surface area contributed by atoms with Crippen molar-refractivity contribution < 1.29 is 14.3 Å². The second-order valence-corrected chi connectivity index (χ2v) is 7.95. The van der Waals surface area contributed by atoms with Gasteiger partial charge in [-0.3, -0.25) is 4.79 Å². The van der Waals surface area contributed by atoms with Crippen LogP contribution in [-0.4, -0.2) is 12.5 Å². The zero-order valence-electron chi connectivity index (χ0n) is 18.2. The van der Waals surface area contributed by atoms with Crippen molar-refractivity contribution in [1.82, 2.24) is 0 Å². The lowest BCUT2D eigenvalue weighted by molar-refractivity contribution is -0.112. The molecule has 0 saturated heterocycles. The van der Waals surface area contributed by atoms with Gasteiger partial charge in [0.15, 0.2) is 11.5 Å². The van der Waals surface area contributed by atoms with Gasteiger partial charge in [0.2, 0.25) is 0 Å². The number of hydrogen-bond acceptors (Lipinski definition) is 4. The van der Waals surface area contributed by atoms with E-state index in [4.69, 9.17) is 32.7 Å². The summed E-state index contributed by atoms with van der Waals surface area (Å²) < 4.78 is 11.6. The summed E-state index contributed by atoms with van der Waals surface area (Å²) >= 11 is 12.7. The minimum Gasteiger partial charge on any atom is -0.490 e. The molecule has 1 N–H and O–H groups in total. The average molecular weight is 481 g/mol. The normalized spacial score (nSPS) is 10.9. The molecule has 3 aromatic carbocycles. The summed E-state index contributed by atoms with van der Waals surface area (Å²) in [6.07, 6.45) is 1.45. The van der Waals surface area contributed by atoms with Crippen LogP contribution in [0.2, 0.25) is 10.0 Å². The molecule has 1 amide bonds. The molecule has 3 aromatic rings. The number of hydrogen-bond donors (Lipinski definition) is 1. The van der Waals surface area contributed by atoms with Gasteiger partial charge in [-0.2, -0.15) is 5.26 Å². The summed E-state index contributed by atoms with van der Waals surface area (Å²) in [4.78, 5) is 12.6. The Kier molecular flexibility index (Phi) is 8.37.